The van der Waals surface area contributed by atoms with Crippen molar-refractivity contribution in [3.63, 3.8) is 0 Å². The first-order valence-corrected chi connectivity index (χ1v) is 7.27. The van der Waals surface area contributed by atoms with Crippen molar-refractivity contribution in [2.45, 2.75) is 58.1 Å². The number of nitrogens with zero attached hydrogens (tertiary/aromatic N) is 1. The molecule has 3 fully saturated rings. The molecule has 4 aliphatic rings. The number of carboxylic acid groups (broad SMARTS) is 1. The van der Waals surface area contributed by atoms with Crippen molar-refractivity contribution in [2.75, 3.05) is 0 Å². The van der Waals surface area contributed by atoms with Gasteiger partial charge in [-0.3, -0.25) is 9.79 Å². The molecule has 0 amide bonds. The maximum Gasteiger partial charge on any atom is 0.331 e. The van der Waals surface area contributed by atoms with E-state index in [0.717, 1.165) is 18.6 Å². The summed E-state index contributed by atoms with van der Waals surface area (Å²) < 4.78 is 5.75. The van der Waals surface area contributed by atoms with Crippen molar-refractivity contribution < 1.29 is 19.4 Å². The predicted octanol–water partition coefficient (Wildman–Crippen LogP) is 2.04. The standard InChI is InChI=1S/C15H21NO4/c1-14(2)8-6-10(14)15(3)11(7-8)16-9(13(19)20-15)4-5-12(17)18/h8-10H,4-7H2,1-3H3,(H,17,18)/t8-,9-,10-,15-/m0/s1. The Morgan fingerprint density at radius 1 is 1.45 bits per heavy atom. The molecule has 20 heavy (non-hydrogen) atoms. The minimum absolute atomic E-state index is 0.0500. The molecule has 0 unspecified atom stereocenters. The molecule has 1 heterocycles. The summed E-state index contributed by atoms with van der Waals surface area (Å²) in [5.41, 5.74) is 0.588. The van der Waals surface area contributed by atoms with Gasteiger partial charge in [-0.15, -0.1) is 0 Å². The molecule has 0 aromatic rings. The van der Waals surface area contributed by atoms with E-state index < -0.39 is 17.6 Å². The lowest BCUT2D eigenvalue weighted by Gasteiger charge is -2.64. The van der Waals surface area contributed by atoms with E-state index in [1.165, 1.54) is 0 Å². The summed E-state index contributed by atoms with van der Waals surface area (Å²) in [6, 6.07) is -0.630. The molecule has 1 aliphatic heterocycles. The van der Waals surface area contributed by atoms with Crippen LogP contribution in [0.2, 0.25) is 0 Å². The van der Waals surface area contributed by atoms with E-state index in [4.69, 9.17) is 9.84 Å². The van der Waals surface area contributed by atoms with Gasteiger partial charge >= 0.3 is 11.9 Å². The second-order valence-electron chi connectivity index (χ2n) is 7.06. The number of ether oxygens (including phenoxy) is 1. The molecular formula is C15H21NO4. The minimum Gasteiger partial charge on any atom is -0.481 e. The highest BCUT2D eigenvalue weighted by atomic mass is 16.6. The van der Waals surface area contributed by atoms with Crippen LogP contribution in [0.1, 0.15) is 46.5 Å². The zero-order chi connectivity index (χ0) is 14.7. The third-order valence-electron chi connectivity index (χ3n) is 5.68. The van der Waals surface area contributed by atoms with Crippen molar-refractivity contribution in [1.29, 1.82) is 0 Å². The molecule has 0 radical (unpaired) electrons. The molecule has 4 atom stereocenters. The summed E-state index contributed by atoms with van der Waals surface area (Å²) in [7, 11) is 0. The van der Waals surface area contributed by atoms with Crippen molar-refractivity contribution in [2.24, 2.45) is 22.2 Å². The third-order valence-corrected chi connectivity index (χ3v) is 5.68. The molecule has 5 heteroatoms. The third kappa shape index (κ3) is 1.71. The van der Waals surface area contributed by atoms with Gasteiger partial charge in [-0.2, -0.15) is 0 Å². The predicted molar refractivity (Wildman–Crippen MR) is 72.6 cm³/mol. The van der Waals surface area contributed by atoms with Crippen molar-refractivity contribution in [3.05, 3.63) is 0 Å². The minimum atomic E-state index is -0.904. The van der Waals surface area contributed by atoms with Crippen molar-refractivity contribution in [3.8, 4) is 0 Å². The normalized spacial score (nSPS) is 41.0. The Balaban J connectivity index is 1.85. The highest BCUT2D eigenvalue weighted by molar-refractivity contribution is 6.00. The summed E-state index contributed by atoms with van der Waals surface area (Å²) in [6.45, 7) is 6.44. The van der Waals surface area contributed by atoms with E-state index in [1.807, 2.05) is 6.92 Å². The molecule has 0 aromatic heterocycles. The average molecular weight is 279 g/mol. The zero-order valence-electron chi connectivity index (χ0n) is 12.2. The number of aliphatic carboxylic acids is 1. The molecule has 0 saturated heterocycles. The molecule has 2 bridgehead atoms. The number of carbonyl (C=O) groups is 2. The summed E-state index contributed by atoms with van der Waals surface area (Å²) in [5.74, 6) is -0.328. The van der Waals surface area contributed by atoms with Crippen LogP contribution in [-0.4, -0.2) is 34.4 Å². The van der Waals surface area contributed by atoms with Gasteiger partial charge in [0.15, 0.2) is 5.60 Å². The summed E-state index contributed by atoms with van der Waals surface area (Å²) in [5, 5.41) is 8.73. The number of hydrogen-bond acceptors (Lipinski definition) is 4. The Morgan fingerprint density at radius 2 is 2.15 bits per heavy atom. The molecule has 5 nitrogen and oxygen atoms in total. The molecule has 0 aromatic carbocycles. The topological polar surface area (TPSA) is 76.0 Å². The lowest BCUT2D eigenvalue weighted by Crippen LogP contribution is -2.68. The Bertz CT molecular complexity index is 510. The Kier molecular flexibility index (Phi) is 2.76. The van der Waals surface area contributed by atoms with Crippen LogP contribution in [0.3, 0.4) is 0 Å². The SMILES string of the molecule is CC1(C)[C@@H]2CC3=N[C@@H](CCC(=O)O)C(=O)O[C@@]3(C)[C@H]1C2. The van der Waals surface area contributed by atoms with Gasteiger partial charge in [-0.25, -0.2) is 4.79 Å². The van der Waals surface area contributed by atoms with Gasteiger partial charge in [0, 0.05) is 12.3 Å². The highest BCUT2D eigenvalue weighted by Gasteiger charge is 2.65. The summed E-state index contributed by atoms with van der Waals surface area (Å²) in [6.07, 6.45) is 2.14. The number of carboxylic acids is 1. The van der Waals surface area contributed by atoms with Crippen LogP contribution in [0, 0.1) is 17.3 Å². The summed E-state index contributed by atoms with van der Waals surface area (Å²) in [4.78, 5) is 27.3. The molecule has 0 spiro atoms. The fraction of sp³-hybridized carbons (Fsp3) is 0.800. The van der Waals surface area contributed by atoms with Gasteiger partial charge in [0.2, 0.25) is 0 Å². The number of esters is 1. The molecule has 110 valence electrons. The number of rotatable bonds is 3. The molecule has 3 aliphatic carbocycles. The highest BCUT2D eigenvalue weighted by Crippen LogP contribution is 2.63. The zero-order valence-corrected chi connectivity index (χ0v) is 12.2. The van der Waals surface area contributed by atoms with Crippen LogP contribution in [0.4, 0.5) is 0 Å². The Labute approximate surface area is 118 Å². The van der Waals surface area contributed by atoms with Crippen LogP contribution >= 0.6 is 0 Å². The lowest BCUT2D eigenvalue weighted by molar-refractivity contribution is -0.187. The fourth-order valence-corrected chi connectivity index (χ4v) is 4.21. The second kappa shape index (κ2) is 4.06. The van der Waals surface area contributed by atoms with E-state index >= 15 is 0 Å². The number of hydrogen-bond donors (Lipinski definition) is 1. The van der Waals surface area contributed by atoms with Gasteiger partial charge in [0.1, 0.15) is 6.04 Å². The van der Waals surface area contributed by atoms with Crippen LogP contribution < -0.4 is 0 Å². The monoisotopic (exact) mass is 279 g/mol. The van der Waals surface area contributed by atoms with Crippen molar-refractivity contribution in [1.82, 2.24) is 0 Å². The average Bonchev–Trinajstić information content (AvgIpc) is 2.34. The van der Waals surface area contributed by atoms with Crippen molar-refractivity contribution >= 4 is 17.7 Å². The fourth-order valence-electron chi connectivity index (χ4n) is 4.21. The van der Waals surface area contributed by atoms with E-state index in [-0.39, 0.29) is 24.2 Å². The quantitative estimate of drug-likeness (QED) is 0.802. The molecule has 3 saturated carbocycles. The second-order valence-corrected chi connectivity index (χ2v) is 7.06. The largest absolute Gasteiger partial charge is 0.481 e. The van der Waals surface area contributed by atoms with E-state index in [1.54, 1.807) is 0 Å². The first-order valence-electron chi connectivity index (χ1n) is 7.27. The number of aliphatic imine (C=N–C) groups is 1. The maximum atomic E-state index is 12.1. The Morgan fingerprint density at radius 3 is 2.75 bits per heavy atom. The number of carbonyl (C=O) groups excluding carboxylic acids is 1. The molecule has 1 N–H and O–H groups in total. The van der Waals surface area contributed by atoms with Crippen LogP contribution in [0.25, 0.3) is 0 Å². The maximum absolute atomic E-state index is 12.1. The van der Waals surface area contributed by atoms with E-state index in [2.05, 4.69) is 18.8 Å². The van der Waals surface area contributed by atoms with E-state index in [0.29, 0.717) is 11.8 Å². The van der Waals surface area contributed by atoms with E-state index in [9.17, 15) is 9.59 Å². The van der Waals surface area contributed by atoms with Gasteiger partial charge in [0.05, 0.1) is 5.71 Å². The first kappa shape index (κ1) is 13.6. The van der Waals surface area contributed by atoms with Crippen LogP contribution in [0.5, 0.6) is 0 Å². The van der Waals surface area contributed by atoms with Crippen LogP contribution in [-0.2, 0) is 14.3 Å². The Hall–Kier alpha value is -1.39. The lowest BCUT2D eigenvalue weighted by atomic mass is 9.43. The first-order chi connectivity index (χ1) is 9.25. The molecule has 4 rings (SSSR count). The van der Waals surface area contributed by atoms with Gasteiger partial charge in [0.25, 0.3) is 0 Å². The van der Waals surface area contributed by atoms with Gasteiger partial charge in [-0.05, 0) is 37.5 Å². The molecular weight excluding hydrogens is 258 g/mol. The van der Waals surface area contributed by atoms with Gasteiger partial charge < -0.3 is 9.84 Å². The smallest absolute Gasteiger partial charge is 0.331 e. The van der Waals surface area contributed by atoms with Crippen LogP contribution in [0.15, 0.2) is 4.99 Å². The van der Waals surface area contributed by atoms with Gasteiger partial charge in [-0.1, -0.05) is 13.8 Å². The summed E-state index contributed by atoms with van der Waals surface area (Å²) >= 11 is 0.